The predicted molar refractivity (Wildman–Crippen MR) is 116 cm³/mol. The first kappa shape index (κ1) is 24.3. The number of carbonyl (C=O) groups is 2. The third-order valence-electron chi connectivity index (χ3n) is 5.94. The van der Waals surface area contributed by atoms with Crippen molar-refractivity contribution in [2.75, 3.05) is 32.8 Å². The lowest BCUT2D eigenvalue weighted by molar-refractivity contribution is -0.124. The van der Waals surface area contributed by atoms with Crippen LogP contribution < -0.4 is 10.6 Å². The van der Waals surface area contributed by atoms with E-state index in [1.807, 2.05) is 13.8 Å². The fourth-order valence-electron chi connectivity index (χ4n) is 4.01. The smallest absolute Gasteiger partial charge is 0.251 e. The molecule has 2 rings (SSSR count). The molecular weight excluding hydrogens is 385 g/mol. The molecule has 2 unspecified atom stereocenters. The maximum absolute atomic E-state index is 13.1. The van der Waals surface area contributed by atoms with Crippen LogP contribution in [-0.2, 0) is 9.53 Å². The van der Waals surface area contributed by atoms with Crippen LogP contribution in [0.4, 0.5) is 4.39 Å². The Balaban J connectivity index is 2.02. The zero-order valence-electron chi connectivity index (χ0n) is 18.6. The van der Waals surface area contributed by atoms with Gasteiger partial charge in [0.05, 0.1) is 13.2 Å². The summed E-state index contributed by atoms with van der Waals surface area (Å²) in [4.78, 5) is 27.9. The van der Waals surface area contributed by atoms with Crippen molar-refractivity contribution >= 4 is 11.8 Å². The summed E-state index contributed by atoms with van der Waals surface area (Å²) in [5, 5.41) is 5.89. The van der Waals surface area contributed by atoms with Crippen molar-refractivity contribution in [2.24, 2.45) is 11.8 Å². The van der Waals surface area contributed by atoms with Gasteiger partial charge in [-0.25, -0.2) is 4.39 Å². The van der Waals surface area contributed by atoms with Crippen molar-refractivity contribution in [3.8, 4) is 0 Å². The van der Waals surface area contributed by atoms with Gasteiger partial charge in [-0.05, 0) is 36.1 Å². The minimum absolute atomic E-state index is 0.0793. The summed E-state index contributed by atoms with van der Waals surface area (Å²) in [6, 6.07) is 4.90. The van der Waals surface area contributed by atoms with Gasteiger partial charge < -0.3 is 15.4 Å². The van der Waals surface area contributed by atoms with Gasteiger partial charge in [-0.3, -0.25) is 14.5 Å². The van der Waals surface area contributed by atoms with Gasteiger partial charge in [0.1, 0.15) is 11.9 Å². The Bertz CT molecular complexity index is 671. The maximum Gasteiger partial charge on any atom is 0.251 e. The highest BCUT2D eigenvalue weighted by Crippen LogP contribution is 2.20. The molecular formula is C23H36FN3O3. The van der Waals surface area contributed by atoms with Crippen molar-refractivity contribution in [3.63, 3.8) is 0 Å². The Hall–Kier alpha value is -1.99. The standard InChI is InChI=1S/C23H36FN3O3/c1-5-17(6-2)20(27-11-13-30-14-12-27)15-25-23(29)21(16(3)4)26-22(28)18-7-9-19(24)10-8-18/h7-10,16-17,20-21H,5-6,11-15H2,1-4H3,(H,25,29)(H,26,28). The number of rotatable bonds is 10. The fourth-order valence-corrected chi connectivity index (χ4v) is 4.01. The van der Waals surface area contributed by atoms with Crippen molar-refractivity contribution in [1.29, 1.82) is 0 Å². The van der Waals surface area contributed by atoms with E-state index in [9.17, 15) is 14.0 Å². The Morgan fingerprint density at radius 1 is 1.10 bits per heavy atom. The molecule has 2 atom stereocenters. The van der Waals surface area contributed by atoms with Crippen molar-refractivity contribution < 1.29 is 18.7 Å². The van der Waals surface area contributed by atoms with Crippen LogP contribution in [0.3, 0.4) is 0 Å². The van der Waals surface area contributed by atoms with Gasteiger partial charge in [0, 0.05) is 31.2 Å². The number of benzene rings is 1. The number of nitrogens with zero attached hydrogens (tertiary/aromatic N) is 1. The molecule has 2 N–H and O–H groups in total. The molecule has 0 aliphatic carbocycles. The molecule has 2 amide bonds. The van der Waals surface area contributed by atoms with E-state index < -0.39 is 11.9 Å². The van der Waals surface area contributed by atoms with E-state index in [-0.39, 0.29) is 23.8 Å². The van der Waals surface area contributed by atoms with Gasteiger partial charge in [-0.2, -0.15) is 0 Å². The topological polar surface area (TPSA) is 70.7 Å². The minimum Gasteiger partial charge on any atom is -0.379 e. The molecule has 1 aliphatic heterocycles. The van der Waals surface area contributed by atoms with Gasteiger partial charge in [0.2, 0.25) is 5.91 Å². The first-order valence-corrected chi connectivity index (χ1v) is 11.0. The number of nitrogens with one attached hydrogen (secondary N) is 2. The number of morpholine rings is 1. The quantitative estimate of drug-likeness (QED) is 0.610. The summed E-state index contributed by atoms with van der Waals surface area (Å²) in [5.74, 6) is -0.572. The SMILES string of the molecule is CCC(CC)C(CNC(=O)C(NC(=O)c1ccc(F)cc1)C(C)C)N1CCOCC1. The molecule has 0 saturated carbocycles. The van der Waals surface area contributed by atoms with Crippen LogP contribution in [0, 0.1) is 17.7 Å². The molecule has 1 fully saturated rings. The van der Waals surface area contributed by atoms with E-state index in [0.29, 0.717) is 31.2 Å². The number of hydrogen-bond acceptors (Lipinski definition) is 4. The van der Waals surface area contributed by atoms with Crippen LogP contribution in [-0.4, -0.2) is 61.6 Å². The average molecular weight is 422 g/mol. The summed E-state index contributed by atoms with van der Waals surface area (Å²) >= 11 is 0. The average Bonchev–Trinajstić information content (AvgIpc) is 2.75. The van der Waals surface area contributed by atoms with Gasteiger partial charge in [0.15, 0.2) is 0 Å². The predicted octanol–water partition coefficient (Wildman–Crippen LogP) is 2.83. The molecule has 0 aromatic heterocycles. The largest absolute Gasteiger partial charge is 0.379 e. The van der Waals surface area contributed by atoms with E-state index in [1.165, 1.54) is 24.3 Å². The lowest BCUT2D eigenvalue weighted by atomic mass is 9.92. The van der Waals surface area contributed by atoms with E-state index in [0.717, 1.165) is 25.9 Å². The second-order valence-corrected chi connectivity index (χ2v) is 8.24. The third-order valence-corrected chi connectivity index (χ3v) is 5.94. The van der Waals surface area contributed by atoms with Gasteiger partial charge in [-0.15, -0.1) is 0 Å². The monoisotopic (exact) mass is 421 g/mol. The molecule has 1 aromatic rings. The number of ether oxygens (including phenoxy) is 1. The summed E-state index contributed by atoms with van der Waals surface area (Å²) in [6.07, 6.45) is 2.09. The number of halogens is 1. The molecule has 6 nitrogen and oxygen atoms in total. The Kier molecular flexibility index (Phi) is 9.72. The Morgan fingerprint density at radius 3 is 2.23 bits per heavy atom. The summed E-state index contributed by atoms with van der Waals surface area (Å²) in [5.41, 5.74) is 0.332. The second-order valence-electron chi connectivity index (χ2n) is 8.24. The fraction of sp³-hybridized carbons (Fsp3) is 0.652. The molecule has 1 aromatic carbocycles. The molecule has 1 saturated heterocycles. The second kappa shape index (κ2) is 12.0. The molecule has 0 spiro atoms. The highest BCUT2D eigenvalue weighted by Gasteiger charge is 2.30. The zero-order valence-corrected chi connectivity index (χ0v) is 18.6. The van der Waals surface area contributed by atoms with E-state index >= 15 is 0 Å². The number of carbonyl (C=O) groups excluding carboxylic acids is 2. The number of amides is 2. The van der Waals surface area contributed by atoms with Crippen LogP contribution in [0.5, 0.6) is 0 Å². The zero-order chi connectivity index (χ0) is 22.1. The first-order chi connectivity index (χ1) is 14.4. The van der Waals surface area contributed by atoms with Crippen molar-refractivity contribution in [3.05, 3.63) is 35.6 Å². The molecule has 30 heavy (non-hydrogen) atoms. The highest BCUT2D eigenvalue weighted by atomic mass is 19.1. The Labute approximate surface area is 179 Å². The molecule has 0 radical (unpaired) electrons. The lowest BCUT2D eigenvalue weighted by Gasteiger charge is -2.39. The van der Waals surface area contributed by atoms with Crippen LogP contribution in [0.2, 0.25) is 0 Å². The summed E-state index contributed by atoms with van der Waals surface area (Å²) in [6.45, 7) is 11.9. The normalized spacial score (nSPS) is 17.0. The molecule has 168 valence electrons. The molecule has 1 heterocycles. The minimum atomic E-state index is -0.658. The maximum atomic E-state index is 13.1. The third kappa shape index (κ3) is 6.77. The van der Waals surface area contributed by atoms with Crippen molar-refractivity contribution in [1.82, 2.24) is 15.5 Å². The van der Waals surface area contributed by atoms with Gasteiger partial charge in [0.25, 0.3) is 5.91 Å². The van der Waals surface area contributed by atoms with E-state index in [1.54, 1.807) is 0 Å². The van der Waals surface area contributed by atoms with Crippen LogP contribution in [0.1, 0.15) is 50.9 Å². The highest BCUT2D eigenvalue weighted by molar-refractivity contribution is 5.97. The number of hydrogen-bond donors (Lipinski definition) is 2. The lowest BCUT2D eigenvalue weighted by Crippen LogP contribution is -2.55. The van der Waals surface area contributed by atoms with Gasteiger partial charge in [-0.1, -0.05) is 40.5 Å². The van der Waals surface area contributed by atoms with Crippen LogP contribution in [0.15, 0.2) is 24.3 Å². The van der Waals surface area contributed by atoms with Crippen LogP contribution in [0.25, 0.3) is 0 Å². The summed E-state index contributed by atoms with van der Waals surface area (Å²) in [7, 11) is 0. The van der Waals surface area contributed by atoms with E-state index in [4.69, 9.17) is 4.74 Å². The van der Waals surface area contributed by atoms with E-state index in [2.05, 4.69) is 29.4 Å². The molecule has 7 heteroatoms. The first-order valence-electron chi connectivity index (χ1n) is 11.0. The van der Waals surface area contributed by atoms with Gasteiger partial charge >= 0.3 is 0 Å². The Morgan fingerprint density at radius 2 is 1.70 bits per heavy atom. The van der Waals surface area contributed by atoms with Crippen LogP contribution >= 0.6 is 0 Å². The van der Waals surface area contributed by atoms with Crippen molar-refractivity contribution in [2.45, 2.75) is 52.6 Å². The summed E-state index contributed by atoms with van der Waals surface area (Å²) < 4.78 is 18.6. The molecule has 0 bridgehead atoms. The molecule has 1 aliphatic rings.